The second-order valence-electron chi connectivity index (χ2n) is 22.0. The average Bonchev–Trinajstić information content (AvgIpc) is 3.89. The first-order chi connectivity index (χ1) is 31.1. The summed E-state index contributed by atoms with van der Waals surface area (Å²) in [7, 11) is 0. The number of benzene rings is 9. The van der Waals surface area contributed by atoms with Gasteiger partial charge in [-0.2, -0.15) is 0 Å². The Labute approximate surface area is 384 Å². The molecule has 0 saturated heterocycles. The molecule has 12 rings (SSSR count). The molecule has 0 saturated carbocycles. The highest BCUT2D eigenvalue weighted by Gasteiger charge is 2.33. The van der Waals surface area contributed by atoms with Crippen LogP contribution in [0.1, 0.15) is 116 Å². The molecule has 0 bridgehead atoms. The third kappa shape index (κ3) is 5.44. The zero-order valence-electron chi connectivity index (χ0n) is 40.0. The van der Waals surface area contributed by atoms with Gasteiger partial charge in [0.2, 0.25) is 0 Å². The molecule has 1 aliphatic rings. The lowest BCUT2D eigenvalue weighted by Crippen LogP contribution is -2.12. The van der Waals surface area contributed by atoms with Crippen LogP contribution < -0.4 is 0 Å². The van der Waals surface area contributed by atoms with E-state index in [2.05, 4.69) is 210 Å². The summed E-state index contributed by atoms with van der Waals surface area (Å²) in [4.78, 5) is 0. The lowest BCUT2D eigenvalue weighted by Gasteiger charge is -2.22. The maximum atomic E-state index is 4.52. The third-order valence-electron chi connectivity index (χ3n) is 15.4. The second kappa shape index (κ2) is 13.5. The minimum absolute atomic E-state index is 0.0330. The molecular weight excluding hydrogens is 781 g/mol. The fourth-order valence-electron chi connectivity index (χ4n) is 12.1. The number of fused-ring (bicyclic) bond motifs is 11. The Morgan fingerprint density at radius 2 is 1.03 bits per heavy atom. The van der Waals surface area contributed by atoms with Crippen LogP contribution in [0.3, 0.4) is 0 Å². The molecular formula is C65H58. The van der Waals surface area contributed by atoms with E-state index in [9.17, 15) is 0 Å². The van der Waals surface area contributed by atoms with Crippen molar-refractivity contribution in [2.45, 2.75) is 98.8 Å². The minimum Gasteiger partial charge on any atom is -0.0985 e. The zero-order chi connectivity index (χ0) is 45.2. The van der Waals surface area contributed by atoms with Gasteiger partial charge in [-0.15, -0.1) is 0 Å². The van der Waals surface area contributed by atoms with Gasteiger partial charge in [-0.05, 0) is 231 Å². The van der Waals surface area contributed by atoms with Crippen LogP contribution in [0.25, 0.3) is 125 Å². The highest BCUT2D eigenvalue weighted by Crippen LogP contribution is 2.59. The molecule has 0 nitrogen and oxygen atoms in total. The first-order valence-corrected chi connectivity index (χ1v) is 24.0. The topological polar surface area (TPSA) is 0 Å². The van der Waals surface area contributed by atoms with Crippen LogP contribution in [-0.4, -0.2) is 0 Å². The molecule has 0 aliphatic heterocycles. The average molecular weight is 839 g/mol. The molecule has 0 unspecified atom stereocenters. The summed E-state index contributed by atoms with van der Waals surface area (Å²) >= 11 is 0. The van der Waals surface area contributed by atoms with Crippen molar-refractivity contribution in [2.75, 3.05) is 0 Å². The molecule has 0 amide bonds. The Kier molecular flexibility index (Phi) is 8.33. The van der Waals surface area contributed by atoms with Gasteiger partial charge in [-0.1, -0.05) is 155 Å². The Hall–Kier alpha value is -6.50. The van der Waals surface area contributed by atoms with Crippen LogP contribution in [0.15, 0.2) is 134 Å². The second-order valence-corrected chi connectivity index (χ2v) is 22.0. The lowest BCUT2D eigenvalue weighted by molar-refractivity contribution is 0.590. The van der Waals surface area contributed by atoms with E-state index < -0.39 is 0 Å². The molecule has 11 aromatic rings. The SMILES string of the molecule is C=C/C(=C\C)c1c2cc3c(cc2c(-c2ccccc2)c2c4cc(C(C)(C)C)cc5cc(C(C)(C)C)cc(c12)c54)c1c(C(C)C)cc2c4c(c(C(C)C)cc3c41)-c1cc3ccccc3cc1-2. The molecule has 318 valence electrons. The molecule has 1 aliphatic carbocycles. The number of hydrogen-bond donors (Lipinski definition) is 0. The fourth-order valence-corrected chi connectivity index (χ4v) is 12.1. The van der Waals surface area contributed by atoms with Gasteiger partial charge in [-0.3, -0.25) is 0 Å². The molecule has 0 fully saturated rings. The van der Waals surface area contributed by atoms with E-state index in [-0.39, 0.29) is 10.8 Å². The fraction of sp³-hybridized carbons (Fsp3) is 0.231. The van der Waals surface area contributed by atoms with E-state index in [1.165, 1.54) is 153 Å². The summed E-state index contributed by atoms with van der Waals surface area (Å²) in [5.74, 6) is 0.680. The largest absolute Gasteiger partial charge is 0.0985 e. The van der Waals surface area contributed by atoms with Gasteiger partial charge in [0, 0.05) is 0 Å². The Morgan fingerprint density at radius 1 is 0.446 bits per heavy atom. The molecule has 0 atom stereocenters. The van der Waals surface area contributed by atoms with Crippen molar-refractivity contribution < 1.29 is 0 Å². The summed E-state index contributed by atoms with van der Waals surface area (Å²) < 4.78 is 0. The summed E-state index contributed by atoms with van der Waals surface area (Å²) in [6, 6.07) is 45.6. The van der Waals surface area contributed by atoms with Gasteiger partial charge in [0.05, 0.1) is 0 Å². The number of allylic oxidation sites excluding steroid dienone is 3. The van der Waals surface area contributed by atoms with Crippen LogP contribution >= 0.6 is 0 Å². The van der Waals surface area contributed by atoms with Gasteiger partial charge in [0.15, 0.2) is 0 Å². The van der Waals surface area contributed by atoms with Crippen molar-refractivity contribution in [1.82, 2.24) is 0 Å². The standard InChI is InChI=1S/C65H58/c1-13-36(14-2)56-51-32-46-48(59-44(35(5)6)30-49-45-26-38-22-18-19-23-39(38)27-47(45)58-43(34(3)4)31-50(46)61(59)60(49)58)33-52(51)57(37-20-16-15-17-21-37)63-54-29-42(65(10,11)12)25-40-24-41(64(7,8)9)28-53(55(40)54)62(56)63/h13-35H,1H2,2-12H3/b36-14+. The Morgan fingerprint density at radius 3 is 1.63 bits per heavy atom. The van der Waals surface area contributed by atoms with Gasteiger partial charge in [0.1, 0.15) is 0 Å². The number of rotatable bonds is 5. The monoisotopic (exact) mass is 838 g/mol. The van der Waals surface area contributed by atoms with Crippen molar-refractivity contribution >= 4 is 91.8 Å². The predicted molar refractivity (Wildman–Crippen MR) is 288 cm³/mol. The van der Waals surface area contributed by atoms with E-state index in [0.29, 0.717) is 11.8 Å². The van der Waals surface area contributed by atoms with Gasteiger partial charge in [-0.25, -0.2) is 0 Å². The normalized spacial score (nSPS) is 13.6. The van der Waals surface area contributed by atoms with E-state index in [4.69, 9.17) is 0 Å². The van der Waals surface area contributed by atoms with Crippen molar-refractivity contribution in [1.29, 1.82) is 0 Å². The highest BCUT2D eigenvalue weighted by atomic mass is 14.4. The maximum absolute atomic E-state index is 4.52. The Balaban J connectivity index is 1.37. The van der Waals surface area contributed by atoms with Crippen LogP contribution in [0.5, 0.6) is 0 Å². The van der Waals surface area contributed by atoms with Crippen LogP contribution in [0, 0.1) is 0 Å². The van der Waals surface area contributed by atoms with Gasteiger partial charge in [0.25, 0.3) is 0 Å². The summed E-state index contributed by atoms with van der Waals surface area (Å²) in [5, 5.41) is 21.6. The van der Waals surface area contributed by atoms with Crippen molar-refractivity contribution in [3.8, 4) is 33.4 Å². The molecule has 0 heteroatoms. The molecule has 0 radical (unpaired) electrons. The van der Waals surface area contributed by atoms with Crippen LogP contribution in [-0.2, 0) is 10.8 Å². The minimum atomic E-state index is -0.0339. The van der Waals surface area contributed by atoms with Gasteiger partial charge >= 0.3 is 0 Å². The smallest absolute Gasteiger partial charge is 0.000731 e. The van der Waals surface area contributed by atoms with E-state index in [0.717, 1.165) is 0 Å². The first kappa shape index (κ1) is 40.0. The van der Waals surface area contributed by atoms with E-state index >= 15 is 0 Å². The summed E-state index contributed by atoms with van der Waals surface area (Å²) in [6.07, 6.45) is 4.39. The van der Waals surface area contributed by atoms with Crippen molar-refractivity contribution in [2.24, 2.45) is 0 Å². The van der Waals surface area contributed by atoms with Crippen molar-refractivity contribution in [3.63, 3.8) is 0 Å². The van der Waals surface area contributed by atoms with E-state index in [1.54, 1.807) is 0 Å². The Bertz CT molecular complexity index is 3880. The quantitative estimate of drug-likeness (QED) is 0.152. The third-order valence-corrected chi connectivity index (χ3v) is 15.4. The summed E-state index contributed by atoms with van der Waals surface area (Å²) in [6.45, 7) is 30.4. The van der Waals surface area contributed by atoms with E-state index in [1.807, 2.05) is 0 Å². The first-order valence-electron chi connectivity index (χ1n) is 24.0. The summed E-state index contributed by atoms with van der Waals surface area (Å²) in [5.41, 5.74) is 16.2. The molecule has 0 aromatic heterocycles. The molecule has 0 N–H and O–H groups in total. The predicted octanol–water partition coefficient (Wildman–Crippen LogP) is 19.5. The lowest BCUT2D eigenvalue weighted by atomic mass is 9.82. The zero-order valence-corrected chi connectivity index (χ0v) is 40.0. The van der Waals surface area contributed by atoms with Crippen molar-refractivity contribution in [3.05, 3.63) is 162 Å². The van der Waals surface area contributed by atoms with Gasteiger partial charge < -0.3 is 0 Å². The molecule has 0 heterocycles. The molecule has 0 spiro atoms. The molecule has 65 heavy (non-hydrogen) atoms. The molecule has 11 aromatic carbocycles. The number of hydrogen-bond acceptors (Lipinski definition) is 0. The maximum Gasteiger partial charge on any atom is -0.000731 e. The highest BCUT2D eigenvalue weighted by molar-refractivity contribution is 6.42. The van der Waals surface area contributed by atoms with Crippen LogP contribution in [0.2, 0.25) is 0 Å². The van der Waals surface area contributed by atoms with Crippen LogP contribution in [0.4, 0.5) is 0 Å².